The zero-order valence-electron chi connectivity index (χ0n) is 10.0. The van der Waals surface area contributed by atoms with E-state index < -0.39 is 5.97 Å². The van der Waals surface area contributed by atoms with Gasteiger partial charge in [0.1, 0.15) is 5.56 Å². The Morgan fingerprint density at radius 1 is 1.65 bits per heavy atom. The molecule has 0 aromatic carbocycles. The van der Waals surface area contributed by atoms with E-state index in [2.05, 4.69) is 22.4 Å². The zero-order chi connectivity index (χ0) is 12.7. The molecule has 0 aliphatic rings. The van der Waals surface area contributed by atoms with Gasteiger partial charge in [-0.1, -0.05) is 13.3 Å². The van der Waals surface area contributed by atoms with E-state index in [1.165, 1.54) is 12.3 Å². The lowest BCUT2D eigenvalue weighted by Crippen LogP contribution is -2.26. The third-order valence-electron chi connectivity index (χ3n) is 2.30. The predicted molar refractivity (Wildman–Crippen MR) is 63.2 cm³/mol. The number of hydrogen-bond donors (Lipinski definition) is 2. The molecule has 0 saturated carbocycles. The smallest absolute Gasteiger partial charge is 0.339 e. The molecule has 6 heteroatoms. The highest BCUT2D eigenvalue weighted by Crippen LogP contribution is 2.13. The Balaban J connectivity index is 2.80. The van der Waals surface area contributed by atoms with Crippen LogP contribution in [0, 0.1) is 0 Å². The van der Waals surface area contributed by atoms with E-state index in [1.807, 2.05) is 0 Å². The highest BCUT2D eigenvalue weighted by molar-refractivity contribution is 5.92. The molecule has 0 saturated heterocycles. The SMILES string of the molecule is CCCC(COC)Nc1nnccc1C(=O)O. The van der Waals surface area contributed by atoms with E-state index in [0.29, 0.717) is 6.61 Å². The summed E-state index contributed by atoms with van der Waals surface area (Å²) in [6, 6.07) is 1.47. The minimum absolute atomic E-state index is 0.0415. The van der Waals surface area contributed by atoms with E-state index in [1.54, 1.807) is 7.11 Å². The van der Waals surface area contributed by atoms with Crippen LogP contribution in [0.3, 0.4) is 0 Å². The van der Waals surface area contributed by atoms with Crippen molar-refractivity contribution in [3.63, 3.8) is 0 Å². The highest BCUT2D eigenvalue weighted by Gasteiger charge is 2.15. The van der Waals surface area contributed by atoms with E-state index in [-0.39, 0.29) is 17.4 Å². The minimum Gasteiger partial charge on any atom is -0.478 e. The third-order valence-corrected chi connectivity index (χ3v) is 2.30. The molecule has 1 heterocycles. The number of rotatable bonds is 7. The van der Waals surface area contributed by atoms with Gasteiger partial charge in [0, 0.05) is 7.11 Å². The maximum atomic E-state index is 11.0. The van der Waals surface area contributed by atoms with Crippen LogP contribution in [0.25, 0.3) is 0 Å². The normalized spacial score (nSPS) is 12.1. The molecule has 1 rings (SSSR count). The van der Waals surface area contributed by atoms with Crippen LogP contribution in [0.1, 0.15) is 30.1 Å². The molecule has 0 fully saturated rings. The second kappa shape index (κ2) is 6.80. The number of aromatic nitrogens is 2. The van der Waals surface area contributed by atoms with Crippen LogP contribution >= 0.6 is 0 Å². The number of nitrogens with one attached hydrogen (secondary N) is 1. The molecule has 1 atom stereocenters. The Kier molecular flexibility index (Phi) is 5.35. The first-order valence-electron chi connectivity index (χ1n) is 5.49. The zero-order valence-corrected chi connectivity index (χ0v) is 10.0. The number of aromatic carboxylic acids is 1. The number of anilines is 1. The fraction of sp³-hybridized carbons (Fsp3) is 0.545. The van der Waals surface area contributed by atoms with Crippen molar-refractivity contribution in [3.8, 4) is 0 Å². The van der Waals surface area contributed by atoms with E-state index >= 15 is 0 Å². The van der Waals surface area contributed by atoms with Crippen LogP contribution in [0.2, 0.25) is 0 Å². The molecule has 0 bridgehead atoms. The number of methoxy groups -OCH3 is 1. The van der Waals surface area contributed by atoms with Crippen LogP contribution in [0.5, 0.6) is 0 Å². The summed E-state index contributed by atoms with van der Waals surface area (Å²) in [6.07, 6.45) is 3.22. The van der Waals surface area contributed by atoms with Crippen molar-refractivity contribution in [2.45, 2.75) is 25.8 Å². The summed E-state index contributed by atoms with van der Waals surface area (Å²) in [7, 11) is 1.61. The minimum atomic E-state index is -1.02. The molecule has 17 heavy (non-hydrogen) atoms. The summed E-state index contributed by atoms with van der Waals surface area (Å²) in [5.74, 6) is -0.731. The Bertz CT molecular complexity index is 365. The first kappa shape index (κ1) is 13.4. The van der Waals surface area contributed by atoms with E-state index in [0.717, 1.165) is 12.8 Å². The van der Waals surface area contributed by atoms with Crippen LogP contribution < -0.4 is 5.32 Å². The number of carboxylic acid groups (broad SMARTS) is 1. The number of ether oxygens (including phenoxy) is 1. The Labute approximate surface area is 100 Å². The van der Waals surface area contributed by atoms with Gasteiger partial charge in [0.05, 0.1) is 18.8 Å². The molecule has 0 amide bonds. The largest absolute Gasteiger partial charge is 0.478 e. The number of hydrogen-bond acceptors (Lipinski definition) is 5. The molecule has 1 aromatic rings. The lowest BCUT2D eigenvalue weighted by atomic mass is 10.1. The predicted octanol–water partition coefficient (Wildman–Crippen LogP) is 1.40. The van der Waals surface area contributed by atoms with E-state index in [9.17, 15) is 4.79 Å². The summed E-state index contributed by atoms with van der Waals surface area (Å²) in [6.45, 7) is 2.56. The van der Waals surface area contributed by atoms with Crippen LogP contribution in [0.4, 0.5) is 5.82 Å². The lowest BCUT2D eigenvalue weighted by Gasteiger charge is -2.18. The summed E-state index contributed by atoms with van der Waals surface area (Å²) in [5.41, 5.74) is 0.122. The first-order valence-corrected chi connectivity index (χ1v) is 5.49. The van der Waals surface area contributed by atoms with Crippen molar-refractivity contribution in [2.24, 2.45) is 0 Å². The molecule has 94 valence electrons. The molecule has 2 N–H and O–H groups in total. The molecule has 1 unspecified atom stereocenters. The number of nitrogens with zero attached hydrogens (tertiary/aromatic N) is 2. The van der Waals surface area contributed by atoms with Gasteiger partial charge in [-0.05, 0) is 12.5 Å². The first-order chi connectivity index (χ1) is 8.19. The quantitative estimate of drug-likeness (QED) is 0.748. The van der Waals surface area contributed by atoms with Crippen molar-refractivity contribution in [1.29, 1.82) is 0 Å². The molecule has 6 nitrogen and oxygen atoms in total. The Morgan fingerprint density at radius 2 is 2.41 bits per heavy atom. The van der Waals surface area contributed by atoms with Gasteiger partial charge in [-0.2, -0.15) is 5.10 Å². The maximum absolute atomic E-state index is 11.0. The summed E-state index contributed by atoms with van der Waals surface area (Å²) < 4.78 is 5.07. The van der Waals surface area contributed by atoms with Crippen molar-refractivity contribution in [1.82, 2.24) is 10.2 Å². The van der Waals surface area contributed by atoms with Crippen LogP contribution in [0.15, 0.2) is 12.3 Å². The summed E-state index contributed by atoms with van der Waals surface area (Å²) >= 11 is 0. The topological polar surface area (TPSA) is 84.3 Å². The highest BCUT2D eigenvalue weighted by atomic mass is 16.5. The fourth-order valence-electron chi connectivity index (χ4n) is 1.55. The maximum Gasteiger partial charge on any atom is 0.339 e. The van der Waals surface area contributed by atoms with E-state index in [4.69, 9.17) is 9.84 Å². The monoisotopic (exact) mass is 239 g/mol. The molecule has 1 aromatic heterocycles. The van der Waals surface area contributed by atoms with Gasteiger partial charge in [-0.3, -0.25) is 0 Å². The van der Waals surface area contributed by atoms with Gasteiger partial charge in [-0.15, -0.1) is 5.10 Å². The van der Waals surface area contributed by atoms with Gasteiger partial charge in [0.15, 0.2) is 5.82 Å². The number of carboxylic acids is 1. The second-order valence-corrected chi connectivity index (χ2v) is 3.68. The van der Waals surface area contributed by atoms with Gasteiger partial charge < -0.3 is 15.2 Å². The standard InChI is InChI=1S/C11H17N3O3/c1-3-4-8(7-17-2)13-10-9(11(15)16)5-6-12-14-10/h5-6,8H,3-4,7H2,1-2H3,(H,13,14)(H,15,16). The molecule has 0 radical (unpaired) electrons. The van der Waals surface area contributed by atoms with Crippen LogP contribution in [-0.4, -0.2) is 41.0 Å². The van der Waals surface area contributed by atoms with Crippen molar-refractivity contribution < 1.29 is 14.6 Å². The fourth-order valence-corrected chi connectivity index (χ4v) is 1.55. The third kappa shape index (κ3) is 3.99. The average Bonchev–Trinajstić information content (AvgIpc) is 2.30. The molecular formula is C11H17N3O3. The van der Waals surface area contributed by atoms with Gasteiger partial charge in [0.2, 0.25) is 0 Å². The summed E-state index contributed by atoms with van der Waals surface area (Å²) in [4.78, 5) is 11.0. The number of carbonyl (C=O) groups is 1. The van der Waals surface area contributed by atoms with Gasteiger partial charge in [0.25, 0.3) is 0 Å². The van der Waals surface area contributed by atoms with Crippen molar-refractivity contribution in [3.05, 3.63) is 17.8 Å². The van der Waals surface area contributed by atoms with Gasteiger partial charge >= 0.3 is 5.97 Å². The Hall–Kier alpha value is -1.69. The van der Waals surface area contributed by atoms with Crippen LogP contribution in [-0.2, 0) is 4.74 Å². The molecule has 0 aliphatic carbocycles. The average molecular weight is 239 g/mol. The Morgan fingerprint density at radius 3 is 3.00 bits per heavy atom. The summed E-state index contributed by atoms with van der Waals surface area (Å²) in [5, 5.41) is 19.5. The lowest BCUT2D eigenvalue weighted by molar-refractivity contribution is 0.0697. The second-order valence-electron chi connectivity index (χ2n) is 3.68. The molecule has 0 spiro atoms. The van der Waals surface area contributed by atoms with Gasteiger partial charge in [-0.25, -0.2) is 4.79 Å². The van der Waals surface area contributed by atoms with Crippen molar-refractivity contribution >= 4 is 11.8 Å². The molecule has 0 aliphatic heterocycles. The molecular weight excluding hydrogens is 222 g/mol. The van der Waals surface area contributed by atoms with Crippen molar-refractivity contribution in [2.75, 3.05) is 19.0 Å².